The van der Waals surface area contributed by atoms with Crippen molar-refractivity contribution >= 4 is 16.7 Å². The molecule has 0 amide bonds. The molecule has 1 aliphatic rings. The predicted molar refractivity (Wildman–Crippen MR) is 80.2 cm³/mol. The summed E-state index contributed by atoms with van der Waals surface area (Å²) in [5, 5.41) is 1.17. The maximum atomic E-state index is 5.90. The van der Waals surface area contributed by atoms with Crippen LogP contribution < -0.4 is 10.6 Å². The van der Waals surface area contributed by atoms with Gasteiger partial charge in [0.1, 0.15) is 5.82 Å². The van der Waals surface area contributed by atoms with Crippen LogP contribution in [0.5, 0.6) is 0 Å². The summed E-state index contributed by atoms with van der Waals surface area (Å²) in [5.41, 5.74) is 8.08. The molecule has 1 atom stereocenters. The maximum Gasteiger partial charge on any atom is 0.133 e. The second kappa shape index (κ2) is 4.82. The first-order valence-corrected chi connectivity index (χ1v) is 7.02. The number of fused-ring (bicyclic) bond motifs is 1. The maximum absolute atomic E-state index is 5.90. The highest BCUT2D eigenvalue weighted by molar-refractivity contribution is 5.81. The van der Waals surface area contributed by atoms with Crippen molar-refractivity contribution in [1.82, 2.24) is 4.98 Å². The van der Waals surface area contributed by atoms with E-state index in [0.29, 0.717) is 12.6 Å². The van der Waals surface area contributed by atoms with Crippen molar-refractivity contribution in [2.75, 3.05) is 11.9 Å². The van der Waals surface area contributed by atoms with E-state index in [1.807, 2.05) is 12.1 Å². The number of nitrogens with zero attached hydrogens (tertiary/aromatic N) is 2. The van der Waals surface area contributed by atoms with E-state index in [9.17, 15) is 0 Å². The zero-order valence-corrected chi connectivity index (χ0v) is 11.6. The van der Waals surface area contributed by atoms with Crippen molar-refractivity contribution in [3.8, 4) is 0 Å². The van der Waals surface area contributed by atoms with Crippen LogP contribution in [0, 0.1) is 5.92 Å². The number of hydrogen-bond donors (Lipinski definition) is 1. The van der Waals surface area contributed by atoms with Crippen LogP contribution in [0.4, 0.5) is 5.82 Å². The number of anilines is 1. The summed E-state index contributed by atoms with van der Waals surface area (Å²) in [4.78, 5) is 7.12. The molecule has 2 N–H and O–H groups in total. The van der Waals surface area contributed by atoms with Crippen molar-refractivity contribution in [3.63, 3.8) is 0 Å². The third-order valence-electron chi connectivity index (χ3n) is 4.25. The fraction of sp³-hybridized carbons (Fsp3) is 0.438. The average Bonchev–Trinajstić information content (AvgIpc) is 3.28. The summed E-state index contributed by atoms with van der Waals surface area (Å²) in [6.45, 7) is 2.82. The van der Waals surface area contributed by atoms with Gasteiger partial charge in [-0.3, -0.25) is 0 Å². The van der Waals surface area contributed by atoms with Crippen LogP contribution in [0.3, 0.4) is 0 Å². The molecule has 0 spiro atoms. The zero-order valence-electron chi connectivity index (χ0n) is 11.6. The number of pyridine rings is 1. The Bertz CT molecular complexity index is 590. The quantitative estimate of drug-likeness (QED) is 0.913. The second-order valence-electron chi connectivity index (χ2n) is 5.56. The Labute approximate surface area is 114 Å². The minimum atomic E-state index is 0.537. The summed E-state index contributed by atoms with van der Waals surface area (Å²) in [6, 6.07) is 10.9. The van der Waals surface area contributed by atoms with E-state index in [-0.39, 0.29) is 0 Å². The fourth-order valence-corrected chi connectivity index (χ4v) is 2.69. The van der Waals surface area contributed by atoms with E-state index in [4.69, 9.17) is 10.7 Å². The molecule has 19 heavy (non-hydrogen) atoms. The van der Waals surface area contributed by atoms with Gasteiger partial charge >= 0.3 is 0 Å². The van der Waals surface area contributed by atoms with Crippen LogP contribution in [-0.2, 0) is 6.54 Å². The van der Waals surface area contributed by atoms with Crippen LogP contribution in [0.15, 0.2) is 30.3 Å². The number of para-hydroxylation sites is 1. The Morgan fingerprint density at radius 1 is 1.37 bits per heavy atom. The predicted octanol–water partition coefficient (Wildman–Crippen LogP) is 2.93. The first-order chi connectivity index (χ1) is 9.20. The van der Waals surface area contributed by atoms with E-state index >= 15 is 0 Å². The third kappa shape index (κ3) is 2.30. The number of hydrogen-bond acceptors (Lipinski definition) is 3. The monoisotopic (exact) mass is 255 g/mol. The van der Waals surface area contributed by atoms with Gasteiger partial charge < -0.3 is 10.6 Å². The topological polar surface area (TPSA) is 42.2 Å². The summed E-state index contributed by atoms with van der Waals surface area (Å²) in [5.74, 6) is 1.87. The largest absolute Gasteiger partial charge is 0.356 e. The van der Waals surface area contributed by atoms with Gasteiger partial charge in [-0.25, -0.2) is 4.98 Å². The second-order valence-corrected chi connectivity index (χ2v) is 5.56. The van der Waals surface area contributed by atoms with Gasteiger partial charge in [-0.1, -0.05) is 18.2 Å². The molecule has 3 nitrogen and oxygen atoms in total. The highest BCUT2D eigenvalue weighted by Crippen LogP contribution is 2.36. The number of rotatable bonds is 4. The SMILES string of the molecule is CC(C1CC1)N(C)c1nc2ccccc2cc1CN. The lowest BCUT2D eigenvalue weighted by molar-refractivity contribution is 0.602. The molecule has 1 unspecified atom stereocenters. The van der Waals surface area contributed by atoms with Gasteiger partial charge in [-0.2, -0.15) is 0 Å². The smallest absolute Gasteiger partial charge is 0.133 e. The highest BCUT2D eigenvalue weighted by Gasteiger charge is 2.31. The molecule has 2 aromatic rings. The summed E-state index contributed by atoms with van der Waals surface area (Å²) in [7, 11) is 2.14. The lowest BCUT2D eigenvalue weighted by atomic mass is 10.1. The summed E-state index contributed by atoms with van der Waals surface area (Å²) in [6.07, 6.45) is 2.69. The van der Waals surface area contributed by atoms with Crippen LogP contribution in [0.1, 0.15) is 25.3 Å². The van der Waals surface area contributed by atoms with Crippen LogP contribution in [-0.4, -0.2) is 18.1 Å². The lowest BCUT2D eigenvalue weighted by Crippen LogP contribution is -2.32. The number of nitrogens with two attached hydrogens (primary N) is 1. The standard InChI is InChI=1S/C16H21N3/c1-11(12-7-8-12)19(2)16-14(10-17)9-13-5-3-4-6-15(13)18-16/h3-6,9,11-12H,7-8,10,17H2,1-2H3. The van der Waals surface area contributed by atoms with Gasteiger partial charge in [-0.05, 0) is 37.8 Å². The molecule has 1 heterocycles. The zero-order chi connectivity index (χ0) is 13.4. The molecule has 1 aromatic carbocycles. The van der Waals surface area contributed by atoms with E-state index in [1.54, 1.807) is 0 Å². The molecule has 100 valence electrons. The van der Waals surface area contributed by atoms with Gasteiger partial charge in [-0.15, -0.1) is 0 Å². The van der Waals surface area contributed by atoms with E-state index in [0.717, 1.165) is 22.8 Å². The molecule has 1 fully saturated rings. The summed E-state index contributed by atoms with van der Waals surface area (Å²) >= 11 is 0. The Morgan fingerprint density at radius 2 is 2.11 bits per heavy atom. The molecule has 0 aliphatic heterocycles. The highest BCUT2D eigenvalue weighted by atomic mass is 15.2. The molecule has 3 heteroatoms. The Kier molecular flexibility index (Phi) is 3.15. The molecular formula is C16H21N3. The van der Waals surface area contributed by atoms with Gasteiger partial charge in [0, 0.05) is 30.6 Å². The van der Waals surface area contributed by atoms with Crippen LogP contribution >= 0.6 is 0 Å². The molecule has 0 saturated heterocycles. The number of benzene rings is 1. The normalized spacial score (nSPS) is 16.6. The van der Waals surface area contributed by atoms with Gasteiger partial charge in [0.15, 0.2) is 0 Å². The molecule has 1 aromatic heterocycles. The molecule has 0 bridgehead atoms. The minimum Gasteiger partial charge on any atom is -0.356 e. The Hall–Kier alpha value is -1.61. The van der Waals surface area contributed by atoms with E-state index in [1.165, 1.54) is 18.2 Å². The molecule has 3 rings (SSSR count). The fourth-order valence-electron chi connectivity index (χ4n) is 2.69. The molecule has 1 aliphatic carbocycles. The van der Waals surface area contributed by atoms with E-state index < -0.39 is 0 Å². The molecular weight excluding hydrogens is 234 g/mol. The average molecular weight is 255 g/mol. The van der Waals surface area contributed by atoms with Crippen molar-refractivity contribution in [1.29, 1.82) is 0 Å². The van der Waals surface area contributed by atoms with Gasteiger partial charge in [0.05, 0.1) is 5.52 Å². The van der Waals surface area contributed by atoms with Crippen molar-refractivity contribution in [3.05, 3.63) is 35.9 Å². The van der Waals surface area contributed by atoms with Gasteiger partial charge in [0.2, 0.25) is 0 Å². The van der Waals surface area contributed by atoms with Crippen molar-refractivity contribution < 1.29 is 0 Å². The van der Waals surface area contributed by atoms with Crippen LogP contribution in [0.25, 0.3) is 10.9 Å². The lowest BCUT2D eigenvalue weighted by Gasteiger charge is -2.28. The van der Waals surface area contributed by atoms with Gasteiger partial charge in [0.25, 0.3) is 0 Å². The van der Waals surface area contributed by atoms with E-state index in [2.05, 4.69) is 37.1 Å². The molecule has 0 radical (unpaired) electrons. The first kappa shape index (κ1) is 12.4. The van der Waals surface area contributed by atoms with Crippen molar-refractivity contribution in [2.24, 2.45) is 11.7 Å². The molecule has 1 saturated carbocycles. The minimum absolute atomic E-state index is 0.537. The Morgan fingerprint density at radius 3 is 2.79 bits per heavy atom. The van der Waals surface area contributed by atoms with Crippen LogP contribution in [0.2, 0.25) is 0 Å². The van der Waals surface area contributed by atoms with Crippen molar-refractivity contribution in [2.45, 2.75) is 32.4 Å². The summed E-state index contributed by atoms with van der Waals surface area (Å²) < 4.78 is 0. The number of aromatic nitrogens is 1. The first-order valence-electron chi connectivity index (χ1n) is 7.02. The third-order valence-corrected chi connectivity index (χ3v) is 4.25. The Balaban J connectivity index is 2.04.